The number of aromatic amines is 1. The number of hydrogen-bond acceptors (Lipinski definition) is 4. The summed E-state index contributed by atoms with van der Waals surface area (Å²) in [6.07, 6.45) is 0.196. The first kappa shape index (κ1) is 11.3. The van der Waals surface area contributed by atoms with Crippen LogP contribution in [0.1, 0.15) is 21.7 Å². The molecule has 17 heavy (non-hydrogen) atoms. The zero-order chi connectivity index (χ0) is 12.6. The summed E-state index contributed by atoms with van der Waals surface area (Å²) in [4.78, 5) is 26.8. The number of nitrogens with zero attached hydrogens (tertiary/aromatic N) is 2. The van der Waals surface area contributed by atoms with Gasteiger partial charge in [-0.1, -0.05) is 0 Å². The summed E-state index contributed by atoms with van der Waals surface area (Å²) in [5.41, 5.74) is 0.652. The van der Waals surface area contributed by atoms with E-state index in [4.69, 9.17) is 10.2 Å². The van der Waals surface area contributed by atoms with Crippen LogP contribution >= 0.6 is 0 Å². The minimum atomic E-state index is -1.16. The number of carboxylic acid groups (broad SMARTS) is 1. The molecule has 0 aromatic carbocycles. The topological polar surface area (TPSA) is 108 Å². The Balaban J connectivity index is 2.74. The highest BCUT2D eigenvalue weighted by Crippen LogP contribution is 2.06. The predicted molar refractivity (Wildman–Crippen MR) is 58.3 cm³/mol. The molecule has 0 aliphatic rings. The number of hydrogen-bond donors (Lipinski definition) is 3. The van der Waals surface area contributed by atoms with E-state index in [0.717, 1.165) is 4.52 Å². The van der Waals surface area contributed by atoms with Crippen LogP contribution in [0.4, 0.5) is 0 Å². The standard InChI is InChI=1S/C10H11N3O4/c1-5-6(2-3-14)9(15)13-8(11-5)4-7(12-13)10(16)17/h4,12,14H,2-3H2,1H3,(H,16,17). The number of aliphatic hydroxyl groups excluding tert-OH is 1. The van der Waals surface area contributed by atoms with Gasteiger partial charge in [-0.2, -0.15) is 0 Å². The van der Waals surface area contributed by atoms with Crippen molar-refractivity contribution < 1.29 is 15.0 Å². The Labute approximate surface area is 95.3 Å². The summed E-state index contributed by atoms with van der Waals surface area (Å²) in [6.45, 7) is 1.50. The van der Waals surface area contributed by atoms with E-state index in [1.165, 1.54) is 6.07 Å². The van der Waals surface area contributed by atoms with Crippen molar-refractivity contribution in [3.63, 3.8) is 0 Å². The van der Waals surface area contributed by atoms with Crippen molar-refractivity contribution in [3.8, 4) is 0 Å². The highest BCUT2D eigenvalue weighted by molar-refractivity contribution is 5.86. The number of fused-ring (bicyclic) bond motifs is 1. The lowest BCUT2D eigenvalue weighted by Gasteiger charge is -2.02. The maximum atomic E-state index is 12.0. The van der Waals surface area contributed by atoms with E-state index in [9.17, 15) is 9.59 Å². The molecular formula is C10H11N3O4. The minimum absolute atomic E-state index is 0.102. The maximum absolute atomic E-state index is 12.0. The van der Waals surface area contributed by atoms with Gasteiger partial charge in [0, 0.05) is 30.4 Å². The van der Waals surface area contributed by atoms with Crippen molar-refractivity contribution in [1.82, 2.24) is 14.6 Å². The van der Waals surface area contributed by atoms with E-state index < -0.39 is 5.97 Å². The van der Waals surface area contributed by atoms with Crippen molar-refractivity contribution in [3.05, 3.63) is 33.4 Å². The van der Waals surface area contributed by atoms with Gasteiger partial charge in [-0.05, 0) is 6.92 Å². The second-order valence-corrected chi connectivity index (χ2v) is 3.62. The third-order valence-corrected chi connectivity index (χ3v) is 2.51. The second kappa shape index (κ2) is 4.02. The Morgan fingerprint density at radius 1 is 1.59 bits per heavy atom. The van der Waals surface area contributed by atoms with Gasteiger partial charge in [0.15, 0.2) is 5.65 Å². The van der Waals surface area contributed by atoms with Crippen LogP contribution in [-0.2, 0) is 6.42 Å². The number of aromatic carboxylic acids is 1. The summed E-state index contributed by atoms with van der Waals surface area (Å²) in [7, 11) is 0. The van der Waals surface area contributed by atoms with Crippen LogP contribution in [0.15, 0.2) is 10.9 Å². The lowest BCUT2D eigenvalue weighted by molar-refractivity contribution is 0.0690. The molecule has 2 rings (SSSR count). The van der Waals surface area contributed by atoms with Crippen LogP contribution in [-0.4, -0.2) is 37.4 Å². The first-order chi connectivity index (χ1) is 8.04. The molecule has 2 heterocycles. The van der Waals surface area contributed by atoms with Crippen LogP contribution < -0.4 is 5.56 Å². The molecule has 90 valence electrons. The normalized spacial score (nSPS) is 10.9. The fraction of sp³-hybridized carbons (Fsp3) is 0.300. The van der Waals surface area contributed by atoms with Gasteiger partial charge >= 0.3 is 5.97 Å². The molecule has 0 saturated heterocycles. The smallest absolute Gasteiger partial charge is 0.353 e. The predicted octanol–water partition coefficient (Wildman–Crippen LogP) is -0.436. The molecule has 3 N–H and O–H groups in total. The van der Waals surface area contributed by atoms with E-state index in [2.05, 4.69) is 10.1 Å². The first-order valence-electron chi connectivity index (χ1n) is 5.00. The number of carboxylic acids is 1. The van der Waals surface area contributed by atoms with Crippen molar-refractivity contribution in [2.45, 2.75) is 13.3 Å². The highest BCUT2D eigenvalue weighted by Gasteiger charge is 2.13. The van der Waals surface area contributed by atoms with Gasteiger partial charge in [0.1, 0.15) is 5.69 Å². The first-order valence-corrected chi connectivity index (χ1v) is 5.00. The molecule has 0 atom stereocenters. The average Bonchev–Trinajstić information content (AvgIpc) is 2.68. The molecule has 0 unspecified atom stereocenters. The third kappa shape index (κ3) is 1.80. The molecule has 0 amide bonds. The minimum Gasteiger partial charge on any atom is -0.477 e. The number of carbonyl (C=O) groups is 1. The fourth-order valence-electron chi connectivity index (χ4n) is 1.68. The van der Waals surface area contributed by atoms with Crippen LogP contribution in [0.5, 0.6) is 0 Å². The molecule has 0 aliphatic heterocycles. The Kier molecular flexibility index (Phi) is 2.68. The number of H-pyrrole nitrogens is 1. The molecule has 0 bridgehead atoms. The summed E-state index contributed by atoms with van der Waals surface area (Å²) in [6, 6.07) is 1.29. The highest BCUT2D eigenvalue weighted by atomic mass is 16.4. The summed E-state index contributed by atoms with van der Waals surface area (Å²) >= 11 is 0. The van der Waals surface area contributed by atoms with E-state index >= 15 is 0 Å². The molecular weight excluding hydrogens is 226 g/mol. The lowest BCUT2D eigenvalue weighted by atomic mass is 10.2. The average molecular weight is 237 g/mol. The molecule has 2 aromatic heterocycles. The van der Waals surface area contributed by atoms with Crippen molar-refractivity contribution >= 4 is 11.6 Å². The Morgan fingerprint density at radius 3 is 2.88 bits per heavy atom. The van der Waals surface area contributed by atoms with Crippen LogP contribution in [0.3, 0.4) is 0 Å². The summed E-state index contributed by atoms with van der Waals surface area (Å²) in [5.74, 6) is -1.16. The van der Waals surface area contributed by atoms with E-state index in [1.54, 1.807) is 6.92 Å². The van der Waals surface area contributed by atoms with Crippen molar-refractivity contribution in [2.24, 2.45) is 0 Å². The number of aryl methyl sites for hydroxylation is 1. The quantitative estimate of drug-likeness (QED) is 0.671. The summed E-state index contributed by atoms with van der Waals surface area (Å²) < 4.78 is 1.07. The van der Waals surface area contributed by atoms with Gasteiger partial charge in [-0.25, -0.2) is 14.3 Å². The van der Waals surface area contributed by atoms with Crippen LogP contribution in [0, 0.1) is 6.92 Å². The number of aromatic nitrogens is 3. The lowest BCUT2D eigenvalue weighted by Crippen LogP contribution is -2.22. The van der Waals surface area contributed by atoms with Crippen molar-refractivity contribution in [2.75, 3.05) is 6.61 Å². The Bertz CT molecular complexity index is 641. The molecule has 0 aliphatic carbocycles. The Morgan fingerprint density at radius 2 is 2.29 bits per heavy atom. The molecule has 0 radical (unpaired) electrons. The monoisotopic (exact) mass is 237 g/mol. The third-order valence-electron chi connectivity index (χ3n) is 2.51. The van der Waals surface area contributed by atoms with Gasteiger partial charge in [0.2, 0.25) is 0 Å². The molecule has 0 spiro atoms. The van der Waals surface area contributed by atoms with Gasteiger partial charge in [-0.3, -0.25) is 9.89 Å². The molecule has 0 fully saturated rings. The largest absolute Gasteiger partial charge is 0.477 e. The van der Waals surface area contributed by atoms with Gasteiger partial charge in [0.25, 0.3) is 5.56 Å². The molecule has 7 heteroatoms. The zero-order valence-electron chi connectivity index (χ0n) is 9.10. The number of aliphatic hydroxyl groups is 1. The van der Waals surface area contributed by atoms with Crippen molar-refractivity contribution in [1.29, 1.82) is 0 Å². The van der Waals surface area contributed by atoms with Gasteiger partial charge in [-0.15, -0.1) is 0 Å². The summed E-state index contributed by atoms with van der Waals surface area (Å²) in [5, 5.41) is 20.1. The number of rotatable bonds is 3. The van der Waals surface area contributed by atoms with Crippen LogP contribution in [0.2, 0.25) is 0 Å². The molecule has 0 saturated carbocycles. The van der Waals surface area contributed by atoms with Crippen LogP contribution in [0.25, 0.3) is 5.65 Å². The molecule has 2 aromatic rings. The van der Waals surface area contributed by atoms with E-state index in [-0.39, 0.29) is 29.9 Å². The maximum Gasteiger partial charge on any atom is 0.353 e. The van der Waals surface area contributed by atoms with E-state index in [1.807, 2.05) is 0 Å². The van der Waals surface area contributed by atoms with Gasteiger partial charge < -0.3 is 10.2 Å². The molecule has 7 nitrogen and oxygen atoms in total. The fourth-order valence-corrected chi connectivity index (χ4v) is 1.68. The number of nitrogens with one attached hydrogen (secondary N) is 1. The second-order valence-electron chi connectivity index (χ2n) is 3.62. The van der Waals surface area contributed by atoms with Gasteiger partial charge in [0.05, 0.1) is 0 Å². The SMILES string of the molecule is Cc1nc2cc(C(=O)O)[nH]n2c(=O)c1CCO. The van der Waals surface area contributed by atoms with E-state index in [0.29, 0.717) is 11.3 Å². The Hall–Kier alpha value is -2.15. The zero-order valence-corrected chi connectivity index (χ0v) is 9.10.